The van der Waals surface area contributed by atoms with Crippen molar-refractivity contribution in [2.45, 2.75) is 13.1 Å². The van der Waals surface area contributed by atoms with Gasteiger partial charge in [0.2, 0.25) is 0 Å². The summed E-state index contributed by atoms with van der Waals surface area (Å²) in [6, 6.07) is 8.03. The first-order valence-corrected chi connectivity index (χ1v) is 7.03. The Morgan fingerprint density at radius 3 is 2.81 bits per heavy atom. The number of halogens is 3. The molecule has 110 valence electrons. The third kappa shape index (κ3) is 3.93. The summed E-state index contributed by atoms with van der Waals surface area (Å²) < 4.78 is 14.1. The topological polar surface area (TPSA) is 42.0 Å². The summed E-state index contributed by atoms with van der Waals surface area (Å²) in [5.41, 5.74) is 1.31. The van der Waals surface area contributed by atoms with Crippen LogP contribution in [0.15, 0.2) is 36.5 Å². The van der Waals surface area contributed by atoms with Crippen LogP contribution in [0.1, 0.15) is 27.8 Å². The molecule has 0 fully saturated rings. The molecule has 0 saturated carbocycles. The fraction of sp³-hybridized carbons (Fsp3) is 0.200. The molecule has 1 unspecified atom stereocenters. The summed E-state index contributed by atoms with van der Waals surface area (Å²) in [5.74, 6) is -0.416. The normalized spacial score (nSPS) is 12.0. The maximum Gasteiger partial charge on any atom is 0.270 e. The molecule has 1 amide bonds. The maximum absolute atomic E-state index is 14.1. The summed E-state index contributed by atoms with van der Waals surface area (Å²) in [5, 5.41) is 3.18. The van der Waals surface area contributed by atoms with E-state index in [1.165, 1.54) is 18.3 Å². The zero-order valence-electron chi connectivity index (χ0n) is 11.2. The average Bonchev–Trinajstić information content (AvgIpc) is 2.45. The van der Waals surface area contributed by atoms with Crippen LogP contribution in [0, 0.1) is 6.92 Å². The number of nitrogens with zero attached hydrogens (tertiary/aromatic N) is 1. The van der Waals surface area contributed by atoms with Gasteiger partial charge in [-0.1, -0.05) is 35.3 Å². The average molecular weight is 327 g/mol. The highest BCUT2D eigenvalue weighted by Gasteiger charge is 2.17. The van der Waals surface area contributed by atoms with E-state index in [0.717, 1.165) is 5.56 Å². The summed E-state index contributed by atoms with van der Waals surface area (Å²) in [6.45, 7) is 1.58. The Hall–Kier alpha value is -1.65. The van der Waals surface area contributed by atoms with Crippen LogP contribution in [0.5, 0.6) is 0 Å². The third-order valence-corrected chi connectivity index (χ3v) is 3.53. The Balaban J connectivity index is 2.02. The van der Waals surface area contributed by atoms with Crippen molar-refractivity contribution in [2.75, 3.05) is 6.54 Å². The van der Waals surface area contributed by atoms with Crippen LogP contribution in [0.25, 0.3) is 0 Å². The van der Waals surface area contributed by atoms with E-state index in [9.17, 15) is 9.18 Å². The molecule has 1 atom stereocenters. The molecule has 0 spiro atoms. The van der Waals surface area contributed by atoms with Crippen molar-refractivity contribution in [3.63, 3.8) is 0 Å². The summed E-state index contributed by atoms with van der Waals surface area (Å²) >= 11 is 11.7. The zero-order chi connectivity index (χ0) is 15.4. The van der Waals surface area contributed by atoms with Crippen molar-refractivity contribution in [3.8, 4) is 0 Å². The zero-order valence-corrected chi connectivity index (χ0v) is 12.7. The van der Waals surface area contributed by atoms with Crippen LogP contribution in [-0.2, 0) is 0 Å². The second-order valence-corrected chi connectivity index (χ2v) is 5.36. The molecule has 2 rings (SSSR count). The van der Waals surface area contributed by atoms with Crippen molar-refractivity contribution in [3.05, 3.63) is 63.4 Å². The van der Waals surface area contributed by atoms with Crippen LogP contribution in [0.3, 0.4) is 0 Å². The minimum Gasteiger partial charge on any atom is -0.347 e. The Kier molecular flexibility index (Phi) is 5.15. The first-order valence-electron chi connectivity index (χ1n) is 6.28. The van der Waals surface area contributed by atoms with Gasteiger partial charge < -0.3 is 5.32 Å². The summed E-state index contributed by atoms with van der Waals surface area (Å²) in [6.07, 6.45) is 0.105. The van der Waals surface area contributed by atoms with Gasteiger partial charge >= 0.3 is 0 Å². The highest BCUT2D eigenvalue weighted by atomic mass is 35.5. The van der Waals surface area contributed by atoms with E-state index < -0.39 is 12.1 Å². The van der Waals surface area contributed by atoms with E-state index in [1.54, 1.807) is 25.1 Å². The lowest BCUT2D eigenvalue weighted by molar-refractivity contribution is 0.0936. The molecule has 0 bridgehead atoms. The molecule has 6 heteroatoms. The van der Waals surface area contributed by atoms with Crippen LogP contribution in [-0.4, -0.2) is 17.4 Å². The Bertz CT molecular complexity index is 664. The monoisotopic (exact) mass is 326 g/mol. The van der Waals surface area contributed by atoms with Gasteiger partial charge in [0.05, 0.1) is 6.54 Å². The third-order valence-electron chi connectivity index (χ3n) is 2.97. The molecule has 1 aromatic heterocycles. The van der Waals surface area contributed by atoms with Gasteiger partial charge in [0.15, 0.2) is 0 Å². The number of carbonyl (C=O) groups excluding carboxylic acids is 1. The number of benzene rings is 1. The van der Waals surface area contributed by atoms with Gasteiger partial charge in [-0.05, 0) is 30.7 Å². The quantitative estimate of drug-likeness (QED) is 0.917. The molecule has 0 saturated heterocycles. The van der Waals surface area contributed by atoms with Gasteiger partial charge in [0.25, 0.3) is 5.91 Å². The molecule has 3 nitrogen and oxygen atoms in total. The predicted octanol–water partition coefficient (Wildman–Crippen LogP) is 4.14. The summed E-state index contributed by atoms with van der Waals surface area (Å²) in [7, 11) is 0. The van der Waals surface area contributed by atoms with Crippen molar-refractivity contribution < 1.29 is 9.18 Å². The molecule has 21 heavy (non-hydrogen) atoms. The van der Waals surface area contributed by atoms with Gasteiger partial charge in [0.1, 0.15) is 11.9 Å². The fourth-order valence-corrected chi connectivity index (χ4v) is 2.38. The number of rotatable bonds is 4. The van der Waals surface area contributed by atoms with Crippen molar-refractivity contribution in [1.82, 2.24) is 10.3 Å². The van der Waals surface area contributed by atoms with Gasteiger partial charge in [-0.15, -0.1) is 0 Å². The number of pyridine rings is 1. The molecule has 2 aromatic rings. The number of hydrogen-bond donors (Lipinski definition) is 1. The number of amides is 1. The molecule has 1 N–H and O–H groups in total. The fourth-order valence-electron chi connectivity index (χ4n) is 1.85. The lowest BCUT2D eigenvalue weighted by Gasteiger charge is -2.12. The number of aryl methyl sites for hydroxylation is 1. The SMILES string of the molecule is Cc1cccnc1C(=O)NCC(F)c1ccc(Cl)cc1Cl. The minimum atomic E-state index is -1.41. The van der Waals surface area contributed by atoms with Crippen LogP contribution < -0.4 is 5.32 Å². The van der Waals surface area contributed by atoms with E-state index in [2.05, 4.69) is 10.3 Å². The molecule has 1 aromatic carbocycles. The van der Waals surface area contributed by atoms with E-state index in [-0.39, 0.29) is 17.3 Å². The second-order valence-electron chi connectivity index (χ2n) is 4.51. The largest absolute Gasteiger partial charge is 0.347 e. The van der Waals surface area contributed by atoms with Gasteiger partial charge in [-0.2, -0.15) is 0 Å². The van der Waals surface area contributed by atoms with Crippen molar-refractivity contribution in [1.29, 1.82) is 0 Å². The first kappa shape index (κ1) is 15.7. The molecule has 0 radical (unpaired) electrons. The van der Waals surface area contributed by atoms with E-state index >= 15 is 0 Å². The van der Waals surface area contributed by atoms with Crippen LogP contribution in [0.4, 0.5) is 4.39 Å². The minimum absolute atomic E-state index is 0.184. The number of carbonyl (C=O) groups is 1. The van der Waals surface area contributed by atoms with Gasteiger partial charge in [-0.3, -0.25) is 9.78 Å². The highest BCUT2D eigenvalue weighted by molar-refractivity contribution is 6.35. The lowest BCUT2D eigenvalue weighted by Crippen LogP contribution is -2.28. The number of hydrogen-bond acceptors (Lipinski definition) is 2. The Labute approximate surface area is 132 Å². The second kappa shape index (κ2) is 6.87. The van der Waals surface area contributed by atoms with Crippen LogP contribution >= 0.6 is 23.2 Å². The number of aromatic nitrogens is 1. The Morgan fingerprint density at radius 2 is 2.14 bits per heavy atom. The van der Waals surface area contributed by atoms with Crippen molar-refractivity contribution in [2.24, 2.45) is 0 Å². The standard InChI is InChI=1S/C15H13Cl2FN2O/c1-9-3-2-6-19-14(9)15(21)20-8-13(18)11-5-4-10(16)7-12(11)17/h2-7,13H,8H2,1H3,(H,20,21). The Morgan fingerprint density at radius 1 is 1.38 bits per heavy atom. The van der Waals surface area contributed by atoms with Crippen LogP contribution in [0.2, 0.25) is 10.0 Å². The van der Waals surface area contributed by atoms with E-state index in [1.807, 2.05) is 0 Å². The van der Waals surface area contributed by atoms with Crippen molar-refractivity contribution >= 4 is 29.1 Å². The molecular weight excluding hydrogens is 314 g/mol. The van der Waals surface area contributed by atoms with Gasteiger partial charge in [-0.25, -0.2) is 4.39 Å². The summed E-state index contributed by atoms with van der Waals surface area (Å²) in [4.78, 5) is 15.9. The predicted molar refractivity (Wildman–Crippen MR) is 81.6 cm³/mol. The van der Waals surface area contributed by atoms with E-state index in [0.29, 0.717) is 10.6 Å². The number of alkyl halides is 1. The number of nitrogens with one attached hydrogen (secondary N) is 1. The smallest absolute Gasteiger partial charge is 0.270 e. The molecule has 0 aliphatic heterocycles. The lowest BCUT2D eigenvalue weighted by atomic mass is 10.1. The molecule has 1 heterocycles. The molecule has 0 aliphatic carbocycles. The molecule has 0 aliphatic rings. The van der Waals surface area contributed by atoms with Gasteiger partial charge in [0, 0.05) is 21.8 Å². The highest BCUT2D eigenvalue weighted by Crippen LogP contribution is 2.28. The van der Waals surface area contributed by atoms with E-state index in [4.69, 9.17) is 23.2 Å². The first-order chi connectivity index (χ1) is 9.99. The maximum atomic E-state index is 14.1. The molecular formula is C15H13Cl2FN2O.